The van der Waals surface area contributed by atoms with Crippen molar-refractivity contribution in [1.29, 1.82) is 0 Å². The first-order valence-electron chi connectivity index (χ1n) is 7.18. The molecule has 0 radical (unpaired) electrons. The lowest BCUT2D eigenvalue weighted by molar-refractivity contribution is -0.0367. The van der Waals surface area contributed by atoms with E-state index < -0.39 is 0 Å². The van der Waals surface area contributed by atoms with Gasteiger partial charge in [0, 0.05) is 12.7 Å². The minimum atomic E-state index is 0.0339. The van der Waals surface area contributed by atoms with Crippen LogP contribution in [0, 0.1) is 0 Å². The van der Waals surface area contributed by atoms with Crippen LogP contribution in [-0.4, -0.2) is 31.5 Å². The van der Waals surface area contributed by atoms with E-state index in [1.54, 1.807) is 14.2 Å². The van der Waals surface area contributed by atoms with Gasteiger partial charge in [-0.05, 0) is 43.4 Å². The second kappa shape index (κ2) is 7.62. The van der Waals surface area contributed by atoms with Crippen molar-refractivity contribution in [2.24, 2.45) is 0 Å². The Morgan fingerprint density at radius 1 is 1.20 bits per heavy atom. The minimum Gasteiger partial charge on any atom is -0.496 e. The van der Waals surface area contributed by atoms with Crippen LogP contribution >= 0.6 is 0 Å². The highest BCUT2D eigenvalue weighted by Gasteiger charge is 2.22. The zero-order chi connectivity index (χ0) is 14.4. The van der Waals surface area contributed by atoms with Gasteiger partial charge in [-0.2, -0.15) is 0 Å². The number of aliphatic hydroxyl groups excluding tert-OH is 1. The molecule has 112 valence electrons. The molecule has 1 aromatic carbocycles. The van der Waals surface area contributed by atoms with Crippen LogP contribution < -0.4 is 4.74 Å². The molecule has 0 bridgehead atoms. The Morgan fingerprint density at radius 3 is 2.70 bits per heavy atom. The number of rotatable bonds is 6. The first-order chi connectivity index (χ1) is 9.76. The summed E-state index contributed by atoms with van der Waals surface area (Å²) >= 11 is 0. The van der Waals surface area contributed by atoms with Crippen molar-refractivity contribution in [2.75, 3.05) is 14.2 Å². The molecule has 0 spiro atoms. The molecule has 1 fully saturated rings. The topological polar surface area (TPSA) is 47.9 Å². The molecule has 1 aliphatic rings. The van der Waals surface area contributed by atoms with Gasteiger partial charge in [0.2, 0.25) is 0 Å². The minimum absolute atomic E-state index is 0.0339. The van der Waals surface area contributed by atoms with Crippen LogP contribution in [-0.2, 0) is 22.7 Å². The van der Waals surface area contributed by atoms with E-state index in [2.05, 4.69) is 0 Å². The zero-order valence-electron chi connectivity index (χ0n) is 12.3. The smallest absolute Gasteiger partial charge is 0.124 e. The molecule has 0 amide bonds. The van der Waals surface area contributed by atoms with E-state index in [4.69, 9.17) is 14.2 Å². The Kier molecular flexibility index (Phi) is 5.83. The Morgan fingerprint density at radius 2 is 2.00 bits per heavy atom. The van der Waals surface area contributed by atoms with Gasteiger partial charge < -0.3 is 19.3 Å². The van der Waals surface area contributed by atoms with Gasteiger partial charge in [0.25, 0.3) is 0 Å². The van der Waals surface area contributed by atoms with E-state index in [-0.39, 0.29) is 12.7 Å². The fourth-order valence-electron chi connectivity index (χ4n) is 2.72. The zero-order valence-corrected chi connectivity index (χ0v) is 12.3. The number of methoxy groups -OCH3 is 2. The van der Waals surface area contributed by atoms with E-state index in [1.165, 1.54) is 0 Å². The molecule has 1 N–H and O–H groups in total. The molecule has 2 unspecified atom stereocenters. The van der Waals surface area contributed by atoms with Gasteiger partial charge >= 0.3 is 0 Å². The molecule has 4 heteroatoms. The van der Waals surface area contributed by atoms with Crippen LogP contribution in [0.15, 0.2) is 18.2 Å². The van der Waals surface area contributed by atoms with Gasteiger partial charge in [-0.25, -0.2) is 0 Å². The standard InChI is InChI=1S/C16H24O4/c1-18-14-4-3-5-15(9-14)20-11-13-8-12(10-17)6-7-16(13)19-2/h6-8,14-15,17H,3-5,9-11H2,1-2H3. The largest absolute Gasteiger partial charge is 0.496 e. The van der Waals surface area contributed by atoms with Crippen LogP contribution in [0.3, 0.4) is 0 Å². The van der Waals surface area contributed by atoms with E-state index in [1.807, 2.05) is 18.2 Å². The summed E-state index contributed by atoms with van der Waals surface area (Å²) in [5, 5.41) is 9.21. The first-order valence-corrected chi connectivity index (χ1v) is 7.18. The van der Waals surface area contributed by atoms with Gasteiger partial charge in [0.05, 0.1) is 32.5 Å². The highest BCUT2D eigenvalue weighted by atomic mass is 16.5. The average Bonchev–Trinajstić information content (AvgIpc) is 2.52. The number of benzene rings is 1. The van der Waals surface area contributed by atoms with E-state index in [0.717, 1.165) is 42.6 Å². The Bertz CT molecular complexity index is 419. The quantitative estimate of drug-likeness (QED) is 0.870. The summed E-state index contributed by atoms with van der Waals surface area (Å²) in [6, 6.07) is 5.68. The molecule has 2 atom stereocenters. The Labute approximate surface area is 120 Å². The number of ether oxygens (including phenoxy) is 3. The van der Waals surface area contributed by atoms with Crippen molar-refractivity contribution in [3.8, 4) is 5.75 Å². The van der Waals surface area contributed by atoms with Crippen molar-refractivity contribution in [3.05, 3.63) is 29.3 Å². The maximum absolute atomic E-state index is 9.21. The maximum Gasteiger partial charge on any atom is 0.124 e. The molecule has 0 aromatic heterocycles. The third kappa shape index (κ3) is 3.95. The summed E-state index contributed by atoms with van der Waals surface area (Å²) < 4.78 is 16.8. The summed E-state index contributed by atoms with van der Waals surface area (Å²) in [7, 11) is 3.42. The summed E-state index contributed by atoms with van der Waals surface area (Å²) in [5.41, 5.74) is 1.86. The number of hydrogen-bond donors (Lipinski definition) is 1. The molecule has 1 aromatic rings. The third-order valence-corrected chi connectivity index (χ3v) is 3.91. The SMILES string of the molecule is COc1ccc(CO)cc1COC1CCCC(OC)C1. The summed E-state index contributed by atoms with van der Waals surface area (Å²) in [5.74, 6) is 0.807. The Balaban J connectivity index is 1.95. The van der Waals surface area contributed by atoms with Gasteiger partial charge in [0.15, 0.2) is 0 Å². The van der Waals surface area contributed by atoms with Crippen LogP contribution in [0.1, 0.15) is 36.8 Å². The van der Waals surface area contributed by atoms with Crippen molar-refractivity contribution in [3.63, 3.8) is 0 Å². The van der Waals surface area contributed by atoms with Gasteiger partial charge in [-0.3, -0.25) is 0 Å². The van der Waals surface area contributed by atoms with Crippen LogP contribution in [0.25, 0.3) is 0 Å². The monoisotopic (exact) mass is 280 g/mol. The van der Waals surface area contributed by atoms with E-state index in [0.29, 0.717) is 12.7 Å². The van der Waals surface area contributed by atoms with Crippen molar-refractivity contribution >= 4 is 0 Å². The molecule has 0 heterocycles. The summed E-state index contributed by atoms with van der Waals surface area (Å²) in [4.78, 5) is 0. The van der Waals surface area contributed by atoms with Gasteiger partial charge in [-0.15, -0.1) is 0 Å². The fourth-order valence-corrected chi connectivity index (χ4v) is 2.72. The van der Waals surface area contributed by atoms with Crippen LogP contribution in [0.5, 0.6) is 5.75 Å². The number of hydrogen-bond acceptors (Lipinski definition) is 4. The van der Waals surface area contributed by atoms with Crippen LogP contribution in [0.2, 0.25) is 0 Å². The molecular formula is C16H24O4. The number of aliphatic hydroxyl groups is 1. The molecule has 1 aliphatic carbocycles. The van der Waals surface area contributed by atoms with Crippen molar-refractivity contribution in [2.45, 2.75) is 51.1 Å². The molecular weight excluding hydrogens is 256 g/mol. The van der Waals surface area contributed by atoms with E-state index in [9.17, 15) is 5.11 Å². The fraction of sp³-hybridized carbons (Fsp3) is 0.625. The lowest BCUT2D eigenvalue weighted by Gasteiger charge is -2.28. The predicted octanol–water partition coefficient (Wildman–Crippen LogP) is 2.66. The molecule has 2 rings (SSSR count). The van der Waals surface area contributed by atoms with Gasteiger partial charge in [-0.1, -0.05) is 6.07 Å². The predicted molar refractivity (Wildman–Crippen MR) is 76.8 cm³/mol. The van der Waals surface area contributed by atoms with Crippen LogP contribution in [0.4, 0.5) is 0 Å². The average molecular weight is 280 g/mol. The highest BCUT2D eigenvalue weighted by Crippen LogP contribution is 2.26. The molecule has 4 nitrogen and oxygen atoms in total. The molecule has 20 heavy (non-hydrogen) atoms. The normalized spacial score (nSPS) is 22.8. The lowest BCUT2D eigenvalue weighted by atomic mass is 9.95. The molecule has 0 saturated heterocycles. The molecule has 0 aliphatic heterocycles. The summed E-state index contributed by atoms with van der Waals surface area (Å²) in [6.07, 6.45) is 4.88. The van der Waals surface area contributed by atoms with Gasteiger partial charge in [0.1, 0.15) is 5.75 Å². The summed E-state index contributed by atoms with van der Waals surface area (Å²) in [6.45, 7) is 0.546. The molecule has 1 saturated carbocycles. The highest BCUT2D eigenvalue weighted by molar-refractivity contribution is 5.36. The van der Waals surface area contributed by atoms with E-state index >= 15 is 0 Å². The second-order valence-corrected chi connectivity index (χ2v) is 5.26. The maximum atomic E-state index is 9.21. The second-order valence-electron chi connectivity index (χ2n) is 5.26. The van der Waals surface area contributed by atoms with Crippen molar-refractivity contribution < 1.29 is 19.3 Å². The van der Waals surface area contributed by atoms with Crippen molar-refractivity contribution in [1.82, 2.24) is 0 Å². The Hall–Kier alpha value is -1.10. The third-order valence-electron chi connectivity index (χ3n) is 3.91. The first kappa shape index (κ1) is 15.3. The lowest BCUT2D eigenvalue weighted by Crippen LogP contribution is -2.27.